The molecule has 1 saturated carbocycles. The van der Waals surface area contributed by atoms with Crippen LogP contribution in [0.4, 0.5) is 15.6 Å². The van der Waals surface area contributed by atoms with Crippen molar-refractivity contribution in [1.82, 2.24) is 15.3 Å². The van der Waals surface area contributed by atoms with Crippen LogP contribution < -0.4 is 25.4 Å². The molecule has 11 heteroatoms. The molecule has 0 spiro atoms. The fourth-order valence-electron chi connectivity index (χ4n) is 3.39. The van der Waals surface area contributed by atoms with E-state index in [1.807, 2.05) is 0 Å². The van der Waals surface area contributed by atoms with E-state index in [1.54, 1.807) is 54.2 Å². The molecule has 35 heavy (non-hydrogen) atoms. The largest absolute Gasteiger partial charge is 0.496 e. The fourth-order valence-corrected chi connectivity index (χ4v) is 4.13. The summed E-state index contributed by atoms with van der Waals surface area (Å²) in [4.78, 5) is 33.4. The van der Waals surface area contributed by atoms with Gasteiger partial charge in [-0.15, -0.1) is 11.3 Å². The van der Waals surface area contributed by atoms with E-state index in [9.17, 15) is 9.59 Å². The highest BCUT2D eigenvalue weighted by Crippen LogP contribution is 2.35. The number of pyridine rings is 1. The van der Waals surface area contributed by atoms with E-state index in [1.165, 1.54) is 18.4 Å². The number of carbonyl (C=O) groups excluding carboxylic acids is 2. The van der Waals surface area contributed by atoms with Gasteiger partial charge in [0, 0.05) is 41.3 Å². The number of nitrogens with one attached hydrogen (secondary N) is 3. The lowest BCUT2D eigenvalue weighted by Crippen LogP contribution is -2.30. The van der Waals surface area contributed by atoms with Crippen LogP contribution >= 0.6 is 22.9 Å². The summed E-state index contributed by atoms with van der Waals surface area (Å²) in [5.74, 6) is 0.945. The zero-order valence-corrected chi connectivity index (χ0v) is 20.1. The molecule has 0 atom stereocenters. The van der Waals surface area contributed by atoms with Crippen LogP contribution in [-0.4, -0.2) is 35.1 Å². The van der Waals surface area contributed by atoms with Gasteiger partial charge in [-0.2, -0.15) is 0 Å². The number of thiazole rings is 1. The lowest BCUT2D eigenvalue weighted by Gasteiger charge is -2.14. The van der Waals surface area contributed by atoms with E-state index in [2.05, 4.69) is 25.9 Å². The summed E-state index contributed by atoms with van der Waals surface area (Å²) in [6.07, 6.45) is 5.20. The predicted molar refractivity (Wildman–Crippen MR) is 135 cm³/mol. The van der Waals surface area contributed by atoms with E-state index in [4.69, 9.17) is 21.1 Å². The van der Waals surface area contributed by atoms with Crippen molar-refractivity contribution in [3.63, 3.8) is 0 Å². The van der Waals surface area contributed by atoms with Crippen molar-refractivity contribution in [2.45, 2.75) is 18.9 Å². The van der Waals surface area contributed by atoms with Gasteiger partial charge >= 0.3 is 6.03 Å². The number of nitrogens with zero attached hydrogens (tertiary/aromatic N) is 2. The summed E-state index contributed by atoms with van der Waals surface area (Å²) in [5.41, 5.74) is 1.38. The van der Waals surface area contributed by atoms with Crippen LogP contribution in [0.3, 0.4) is 0 Å². The van der Waals surface area contributed by atoms with Crippen LogP contribution in [0.2, 0.25) is 5.02 Å². The molecule has 1 aliphatic rings. The average Bonchev–Trinajstić information content (AvgIpc) is 3.51. The summed E-state index contributed by atoms with van der Waals surface area (Å²) in [7, 11) is 1.49. The molecule has 3 N–H and O–H groups in total. The van der Waals surface area contributed by atoms with Crippen molar-refractivity contribution in [2.24, 2.45) is 0 Å². The van der Waals surface area contributed by atoms with Gasteiger partial charge in [0.2, 0.25) is 0 Å². The Morgan fingerprint density at radius 2 is 1.91 bits per heavy atom. The van der Waals surface area contributed by atoms with Crippen LogP contribution in [0.1, 0.15) is 23.2 Å². The van der Waals surface area contributed by atoms with Gasteiger partial charge < -0.3 is 20.1 Å². The number of rotatable bonds is 7. The van der Waals surface area contributed by atoms with Gasteiger partial charge in [-0.05, 0) is 37.1 Å². The summed E-state index contributed by atoms with van der Waals surface area (Å²) in [6, 6.07) is 9.97. The van der Waals surface area contributed by atoms with E-state index >= 15 is 0 Å². The highest BCUT2D eigenvalue weighted by molar-refractivity contribution is 7.13. The van der Waals surface area contributed by atoms with Crippen LogP contribution in [0.15, 0.2) is 54.2 Å². The second-order valence-corrected chi connectivity index (χ2v) is 9.09. The van der Waals surface area contributed by atoms with Crippen LogP contribution in [-0.2, 0) is 0 Å². The van der Waals surface area contributed by atoms with Crippen molar-refractivity contribution >= 4 is 56.6 Å². The lowest BCUT2D eigenvalue weighted by molar-refractivity contribution is 0.102. The number of ether oxygens (including phenoxy) is 2. The maximum absolute atomic E-state index is 12.9. The van der Waals surface area contributed by atoms with Gasteiger partial charge in [0.1, 0.15) is 17.2 Å². The molecular weight excluding hydrogens is 490 g/mol. The number of urea groups is 1. The van der Waals surface area contributed by atoms with Crippen LogP contribution in [0.25, 0.3) is 10.9 Å². The number of fused-ring (bicyclic) bond motifs is 1. The predicted octanol–water partition coefficient (Wildman–Crippen LogP) is 5.68. The third-order valence-electron chi connectivity index (χ3n) is 5.25. The van der Waals surface area contributed by atoms with Gasteiger partial charge in [-0.3, -0.25) is 15.1 Å². The molecule has 0 saturated heterocycles. The topological polar surface area (TPSA) is 114 Å². The molecule has 5 rings (SSSR count). The molecule has 4 aromatic rings. The Hall–Kier alpha value is -3.89. The third-order valence-corrected chi connectivity index (χ3v) is 6.25. The van der Waals surface area contributed by atoms with Crippen molar-refractivity contribution < 1.29 is 19.1 Å². The second kappa shape index (κ2) is 9.77. The molecular formula is C24H20ClN5O4S. The highest BCUT2D eigenvalue weighted by Gasteiger charge is 2.23. The summed E-state index contributed by atoms with van der Waals surface area (Å²) in [6.45, 7) is 0. The van der Waals surface area contributed by atoms with E-state index in [-0.39, 0.29) is 18.0 Å². The zero-order valence-electron chi connectivity index (χ0n) is 18.5. The van der Waals surface area contributed by atoms with Gasteiger partial charge in [0.05, 0.1) is 28.9 Å². The van der Waals surface area contributed by atoms with Gasteiger partial charge in [-0.1, -0.05) is 11.6 Å². The average molecular weight is 510 g/mol. The maximum Gasteiger partial charge on any atom is 0.319 e. The minimum absolute atomic E-state index is 0.239. The van der Waals surface area contributed by atoms with Gasteiger partial charge in [0.25, 0.3) is 5.91 Å². The van der Waals surface area contributed by atoms with Crippen LogP contribution in [0.5, 0.6) is 17.2 Å². The summed E-state index contributed by atoms with van der Waals surface area (Å²) < 4.78 is 11.5. The Balaban J connectivity index is 1.41. The summed E-state index contributed by atoms with van der Waals surface area (Å²) >= 11 is 7.69. The number of anilines is 2. The Morgan fingerprint density at radius 1 is 1.06 bits per heavy atom. The first-order chi connectivity index (χ1) is 17.0. The first-order valence-electron chi connectivity index (χ1n) is 10.7. The number of methoxy groups -OCH3 is 1. The van der Waals surface area contributed by atoms with E-state index < -0.39 is 0 Å². The van der Waals surface area contributed by atoms with Crippen molar-refractivity contribution in [1.29, 1.82) is 0 Å². The first-order valence-corrected chi connectivity index (χ1v) is 12.0. The Morgan fingerprint density at radius 3 is 2.63 bits per heavy atom. The first kappa shape index (κ1) is 22.9. The van der Waals surface area contributed by atoms with Crippen LogP contribution in [0, 0.1) is 0 Å². The number of hydrogen-bond donors (Lipinski definition) is 3. The number of carbonyl (C=O) groups is 2. The van der Waals surface area contributed by atoms with Gasteiger partial charge in [-0.25, -0.2) is 9.78 Å². The smallest absolute Gasteiger partial charge is 0.319 e. The minimum atomic E-state index is -0.364. The molecule has 2 aromatic heterocycles. The zero-order chi connectivity index (χ0) is 24.4. The molecule has 0 aliphatic heterocycles. The quantitative estimate of drug-likeness (QED) is 0.295. The SMILES string of the molecule is COc1cc2nccc(Oc3ccc(NC(=O)NC4CC4)c(Cl)c3)c2cc1C(=O)Nc1nccs1. The number of amides is 3. The minimum Gasteiger partial charge on any atom is -0.496 e. The molecule has 2 aromatic carbocycles. The molecule has 1 fully saturated rings. The molecule has 0 radical (unpaired) electrons. The molecule has 3 amide bonds. The fraction of sp³-hybridized carbons (Fsp3) is 0.167. The molecule has 1 aliphatic carbocycles. The molecule has 0 unspecified atom stereocenters. The highest BCUT2D eigenvalue weighted by atomic mass is 35.5. The van der Waals surface area contributed by atoms with Crippen molar-refractivity contribution in [3.05, 3.63) is 64.8 Å². The van der Waals surface area contributed by atoms with Crippen molar-refractivity contribution in [3.8, 4) is 17.2 Å². The number of benzene rings is 2. The number of aromatic nitrogens is 2. The standard InChI is InChI=1S/C24H20ClN5O4S/c1-33-21-12-19-15(11-16(21)22(31)30-24-27-8-9-35-24)20(6-7-26-19)34-14-4-5-18(17(25)10-14)29-23(32)28-13-2-3-13/h4-13H,2-3H2,1H3,(H,27,30,31)(H2,28,29,32). The normalized spacial score (nSPS) is 12.7. The molecule has 9 nitrogen and oxygen atoms in total. The van der Waals surface area contributed by atoms with Gasteiger partial charge in [0.15, 0.2) is 5.13 Å². The number of halogens is 1. The van der Waals surface area contributed by atoms with E-state index in [0.717, 1.165) is 12.8 Å². The summed E-state index contributed by atoms with van der Waals surface area (Å²) in [5, 5.41) is 11.5. The molecule has 178 valence electrons. The Labute approximate surface area is 209 Å². The second-order valence-electron chi connectivity index (χ2n) is 7.79. The Bertz CT molecular complexity index is 1410. The van der Waals surface area contributed by atoms with E-state index in [0.29, 0.717) is 49.6 Å². The molecule has 0 bridgehead atoms. The maximum atomic E-state index is 12.9. The molecule has 2 heterocycles. The third kappa shape index (κ3) is 5.28. The lowest BCUT2D eigenvalue weighted by atomic mass is 10.1. The van der Waals surface area contributed by atoms with Crippen molar-refractivity contribution in [2.75, 3.05) is 17.7 Å². The Kier molecular flexibility index (Phi) is 6.39. The number of hydrogen-bond acceptors (Lipinski definition) is 7. The monoisotopic (exact) mass is 509 g/mol.